The lowest BCUT2D eigenvalue weighted by atomic mass is 10.1. The Morgan fingerprint density at radius 1 is 0.750 bits per heavy atom. The number of hydrogen-bond donors (Lipinski definition) is 0. The van der Waals surface area contributed by atoms with Gasteiger partial charge in [-0.3, -0.25) is 0 Å². The Kier molecular flexibility index (Phi) is 4.34. The molecule has 0 aliphatic carbocycles. The Balaban J connectivity index is 1.36. The minimum absolute atomic E-state index is 0.664. The number of rotatable bonds is 5. The maximum atomic E-state index is 5.87. The molecule has 0 radical (unpaired) electrons. The molecule has 24 heavy (non-hydrogen) atoms. The third-order valence-electron chi connectivity index (χ3n) is 3.90. The molecule has 1 heterocycles. The second kappa shape index (κ2) is 6.93. The summed E-state index contributed by atoms with van der Waals surface area (Å²) in [5, 5.41) is 4.66. The quantitative estimate of drug-likeness (QED) is 0.353. The van der Waals surface area contributed by atoms with Gasteiger partial charge in [-0.1, -0.05) is 54.6 Å². The molecule has 3 heteroatoms. The maximum Gasteiger partial charge on any atom is 0.119 e. The molecule has 0 unspecified atom stereocenters. The van der Waals surface area contributed by atoms with E-state index in [1.165, 1.54) is 16.2 Å². The number of hydrogen-bond acceptors (Lipinski definition) is 3. The summed E-state index contributed by atoms with van der Waals surface area (Å²) in [6.07, 6.45) is 0. The smallest absolute Gasteiger partial charge is 0.119 e. The van der Waals surface area contributed by atoms with Crippen molar-refractivity contribution in [1.82, 2.24) is 4.98 Å². The zero-order chi connectivity index (χ0) is 16.2. The van der Waals surface area contributed by atoms with E-state index in [4.69, 9.17) is 4.74 Å². The highest BCUT2D eigenvalue weighted by molar-refractivity contribution is 7.99. The summed E-state index contributed by atoms with van der Waals surface area (Å²) >= 11 is 1.72. The van der Waals surface area contributed by atoms with Crippen LogP contribution >= 0.6 is 11.8 Å². The fourth-order valence-electron chi connectivity index (χ4n) is 2.69. The Morgan fingerprint density at radius 2 is 1.50 bits per heavy atom. The predicted octanol–water partition coefficient (Wildman–Crippen LogP) is 5.56. The van der Waals surface area contributed by atoms with Gasteiger partial charge in [0, 0.05) is 11.1 Å². The number of ether oxygens (including phenoxy) is 1. The van der Waals surface area contributed by atoms with Crippen molar-refractivity contribution >= 4 is 33.4 Å². The summed E-state index contributed by atoms with van der Waals surface area (Å²) in [6, 6.07) is 26.9. The van der Waals surface area contributed by atoms with Crippen molar-refractivity contribution in [1.29, 1.82) is 0 Å². The van der Waals surface area contributed by atoms with Crippen molar-refractivity contribution in [3.8, 4) is 5.75 Å². The van der Waals surface area contributed by atoms with Gasteiger partial charge in [0.2, 0.25) is 0 Å². The van der Waals surface area contributed by atoms with Gasteiger partial charge in [0.25, 0.3) is 0 Å². The SMILES string of the molecule is c1ccc2cc(OCCSc3ccc4ccccc4n3)ccc2c1. The molecule has 0 saturated heterocycles. The Bertz CT molecular complexity index is 902. The molecule has 1 aromatic heterocycles. The van der Waals surface area contributed by atoms with Crippen LogP contribution in [0.5, 0.6) is 5.75 Å². The highest BCUT2D eigenvalue weighted by Gasteiger charge is 2.00. The Labute approximate surface area is 145 Å². The third-order valence-corrected chi connectivity index (χ3v) is 4.79. The number of para-hydroxylation sites is 1. The summed E-state index contributed by atoms with van der Waals surface area (Å²) in [6.45, 7) is 0.664. The topological polar surface area (TPSA) is 22.1 Å². The van der Waals surface area contributed by atoms with Gasteiger partial charge in [0.05, 0.1) is 17.1 Å². The third kappa shape index (κ3) is 3.36. The van der Waals surface area contributed by atoms with Gasteiger partial charge >= 0.3 is 0 Å². The van der Waals surface area contributed by atoms with E-state index in [0.717, 1.165) is 22.0 Å². The number of fused-ring (bicyclic) bond motifs is 2. The molecule has 0 aliphatic rings. The van der Waals surface area contributed by atoms with E-state index in [0.29, 0.717) is 6.61 Å². The number of thioether (sulfide) groups is 1. The molecule has 0 amide bonds. The van der Waals surface area contributed by atoms with Crippen LogP contribution in [0.2, 0.25) is 0 Å². The molecular weight excluding hydrogens is 314 g/mol. The molecule has 0 aliphatic heterocycles. The second-order valence-corrected chi connectivity index (χ2v) is 6.66. The van der Waals surface area contributed by atoms with Crippen LogP contribution in [0, 0.1) is 0 Å². The zero-order valence-corrected chi connectivity index (χ0v) is 14.0. The van der Waals surface area contributed by atoms with Gasteiger partial charge in [-0.25, -0.2) is 4.98 Å². The fourth-order valence-corrected chi connectivity index (χ4v) is 3.39. The molecule has 2 nitrogen and oxygen atoms in total. The van der Waals surface area contributed by atoms with Gasteiger partial charge in [-0.15, -0.1) is 11.8 Å². The lowest BCUT2D eigenvalue weighted by molar-refractivity contribution is 0.344. The number of nitrogens with zero attached hydrogens (tertiary/aromatic N) is 1. The second-order valence-electron chi connectivity index (χ2n) is 5.55. The van der Waals surface area contributed by atoms with Crippen LogP contribution in [0.3, 0.4) is 0 Å². The zero-order valence-electron chi connectivity index (χ0n) is 13.2. The van der Waals surface area contributed by atoms with Gasteiger partial charge in [0.15, 0.2) is 0 Å². The highest BCUT2D eigenvalue weighted by atomic mass is 32.2. The minimum Gasteiger partial charge on any atom is -0.493 e. The van der Waals surface area contributed by atoms with E-state index in [9.17, 15) is 0 Å². The fraction of sp³-hybridized carbons (Fsp3) is 0.0952. The summed E-state index contributed by atoms with van der Waals surface area (Å²) in [5.41, 5.74) is 1.04. The van der Waals surface area contributed by atoms with Gasteiger partial charge in [0.1, 0.15) is 5.75 Å². The highest BCUT2D eigenvalue weighted by Crippen LogP contribution is 2.22. The molecule has 4 aromatic rings. The van der Waals surface area contributed by atoms with Crippen LogP contribution in [-0.2, 0) is 0 Å². The molecule has 4 rings (SSSR count). The van der Waals surface area contributed by atoms with Crippen LogP contribution in [-0.4, -0.2) is 17.3 Å². The van der Waals surface area contributed by atoms with Crippen LogP contribution < -0.4 is 4.74 Å². The first kappa shape index (κ1) is 15.0. The largest absolute Gasteiger partial charge is 0.493 e. The van der Waals surface area contributed by atoms with Crippen LogP contribution in [0.1, 0.15) is 0 Å². The van der Waals surface area contributed by atoms with Crippen molar-refractivity contribution in [3.63, 3.8) is 0 Å². The maximum absolute atomic E-state index is 5.87. The van der Waals surface area contributed by atoms with Gasteiger partial charge < -0.3 is 4.74 Å². The van der Waals surface area contributed by atoms with E-state index in [2.05, 4.69) is 53.5 Å². The van der Waals surface area contributed by atoms with E-state index >= 15 is 0 Å². The van der Waals surface area contributed by atoms with Crippen LogP contribution in [0.15, 0.2) is 83.9 Å². The Morgan fingerprint density at radius 3 is 2.42 bits per heavy atom. The van der Waals surface area contributed by atoms with E-state index in [1.807, 2.05) is 30.3 Å². The van der Waals surface area contributed by atoms with E-state index < -0.39 is 0 Å². The van der Waals surface area contributed by atoms with Gasteiger partial charge in [-0.2, -0.15) is 0 Å². The first-order valence-electron chi connectivity index (χ1n) is 7.99. The predicted molar refractivity (Wildman–Crippen MR) is 102 cm³/mol. The molecule has 118 valence electrons. The average Bonchev–Trinajstić information content (AvgIpc) is 2.65. The van der Waals surface area contributed by atoms with Crippen molar-refractivity contribution in [2.24, 2.45) is 0 Å². The molecule has 3 aromatic carbocycles. The van der Waals surface area contributed by atoms with Crippen molar-refractivity contribution in [2.45, 2.75) is 5.03 Å². The normalized spacial score (nSPS) is 11.0. The minimum atomic E-state index is 0.664. The van der Waals surface area contributed by atoms with Crippen molar-refractivity contribution in [3.05, 3.63) is 78.9 Å². The molecular formula is C21H17NOS. The first-order valence-corrected chi connectivity index (χ1v) is 8.97. The molecule has 0 fully saturated rings. The summed E-state index contributed by atoms with van der Waals surface area (Å²) in [7, 11) is 0. The first-order chi connectivity index (χ1) is 11.9. The standard InChI is InChI=1S/C21H17NOS/c1-2-7-18-15-19(11-9-16(18)5-1)23-13-14-24-21-12-10-17-6-3-4-8-20(17)22-21/h1-12,15H,13-14H2. The monoisotopic (exact) mass is 331 g/mol. The molecule has 0 bridgehead atoms. The number of benzene rings is 3. The molecule has 0 atom stereocenters. The molecule has 0 spiro atoms. The van der Waals surface area contributed by atoms with Crippen LogP contribution in [0.25, 0.3) is 21.7 Å². The molecule has 0 N–H and O–H groups in total. The number of aromatic nitrogens is 1. The Hall–Kier alpha value is -2.52. The van der Waals surface area contributed by atoms with Crippen molar-refractivity contribution in [2.75, 3.05) is 12.4 Å². The van der Waals surface area contributed by atoms with Crippen molar-refractivity contribution < 1.29 is 4.74 Å². The van der Waals surface area contributed by atoms with E-state index in [1.54, 1.807) is 11.8 Å². The van der Waals surface area contributed by atoms with Crippen LogP contribution in [0.4, 0.5) is 0 Å². The lowest BCUT2D eigenvalue weighted by Gasteiger charge is -2.07. The summed E-state index contributed by atoms with van der Waals surface area (Å²) in [5.74, 6) is 1.79. The average molecular weight is 331 g/mol. The van der Waals surface area contributed by atoms with E-state index in [-0.39, 0.29) is 0 Å². The molecule has 0 saturated carbocycles. The summed E-state index contributed by atoms with van der Waals surface area (Å²) < 4.78 is 5.87. The van der Waals surface area contributed by atoms with Gasteiger partial charge in [-0.05, 0) is 35.0 Å². The lowest BCUT2D eigenvalue weighted by Crippen LogP contribution is -2.00. The summed E-state index contributed by atoms with van der Waals surface area (Å²) in [4.78, 5) is 4.67. The number of pyridine rings is 1.